The van der Waals surface area contributed by atoms with Gasteiger partial charge in [-0.05, 0) is 77.2 Å². The molecule has 4 aromatic carbocycles. The lowest BCUT2D eigenvalue weighted by molar-refractivity contribution is -0.112. The predicted molar refractivity (Wildman–Crippen MR) is 152 cm³/mol. The number of rotatable bonds is 9. The van der Waals surface area contributed by atoms with Crippen molar-refractivity contribution in [3.05, 3.63) is 106 Å². The first-order chi connectivity index (χ1) is 18.0. The van der Waals surface area contributed by atoms with E-state index in [4.69, 9.17) is 9.47 Å². The van der Waals surface area contributed by atoms with Crippen LogP contribution in [-0.4, -0.2) is 12.5 Å². The van der Waals surface area contributed by atoms with Gasteiger partial charge in [0, 0.05) is 10.2 Å². The van der Waals surface area contributed by atoms with E-state index >= 15 is 0 Å². The molecule has 0 aliphatic carbocycles. The lowest BCUT2D eigenvalue weighted by atomic mass is 10.1. The molecule has 0 radical (unpaired) electrons. The van der Waals surface area contributed by atoms with Gasteiger partial charge in [-0.3, -0.25) is 4.79 Å². The highest BCUT2D eigenvalue weighted by molar-refractivity contribution is 9.10. The molecule has 1 N–H and O–H groups in total. The number of nitrogens with zero attached hydrogens (tertiary/aromatic N) is 1. The van der Waals surface area contributed by atoms with Gasteiger partial charge in [0.05, 0.1) is 6.61 Å². The minimum Gasteiger partial charge on any atom is -0.490 e. The molecule has 0 unspecified atom stereocenters. The van der Waals surface area contributed by atoms with Crippen LogP contribution in [0.5, 0.6) is 11.5 Å². The quantitative estimate of drug-likeness (QED) is 0.170. The molecule has 37 heavy (non-hydrogen) atoms. The van der Waals surface area contributed by atoms with Crippen LogP contribution in [0.1, 0.15) is 30.5 Å². The molecular weight excluding hydrogens is 528 g/mol. The van der Waals surface area contributed by atoms with Gasteiger partial charge in [-0.1, -0.05) is 71.4 Å². The number of benzene rings is 4. The fourth-order valence-electron chi connectivity index (χ4n) is 3.86. The van der Waals surface area contributed by atoms with E-state index in [1.807, 2.05) is 55.5 Å². The SMILES string of the molecule is CCOc1cc(/C=C(\C#N)C(=O)Nc2ccc(CC)cc2)c(Br)cc1OCc1ccc2ccccc2c1. The van der Waals surface area contributed by atoms with Crippen LogP contribution in [0.2, 0.25) is 0 Å². The number of carbonyl (C=O) groups is 1. The number of amides is 1. The second kappa shape index (κ2) is 12.2. The number of carbonyl (C=O) groups excluding carboxylic acids is 1. The van der Waals surface area contributed by atoms with E-state index in [1.165, 1.54) is 17.0 Å². The van der Waals surface area contributed by atoms with Gasteiger partial charge in [0.2, 0.25) is 0 Å². The van der Waals surface area contributed by atoms with E-state index in [0.29, 0.717) is 40.4 Å². The molecule has 0 saturated carbocycles. The van der Waals surface area contributed by atoms with Crippen molar-refractivity contribution in [2.75, 3.05) is 11.9 Å². The van der Waals surface area contributed by atoms with Gasteiger partial charge in [0.1, 0.15) is 18.2 Å². The third-order valence-electron chi connectivity index (χ3n) is 5.86. The number of fused-ring (bicyclic) bond motifs is 1. The molecule has 0 aliphatic heterocycles. The summed E-state index contributed by atoms with van der Waals surface area (Å²) in [6, 6.07) is 27.5. The van der Waals surface area contributed by atoms with E-state index in [9.17, 15) is 10.1 Å². The third kappa shape index (κ3) is 6.58. The number of aryl methyl sites for hydroxylation is 1. The first-order valence-electron chi connectivity index (χ1n) is 12.1. The van der Waals surface area contributed by atoms with Gasteiger partial charge in [-0.2, -0.15) is 5.26 Å². The number of ether oxygens (including phenoxy) is 2. The summed E-state index contributed by atoms with van der Waals surface area (Å²) in [6.07, 6.45) is 2.45. The Balaban J connectivity index is 1.54. The Bertz CT molecular complexity index is 1490. The number of hydrogen-bond acceptors (Lipinski definition) is 4. The van der Waals surface area contributed by atoms with Crippen molar-refractivity contribution >= 4 is 44.4 Å². The molecule has 0 saturated heterocycles. The molecule has 0 aromatic heterocycles. The van der Waals surface area contributed by atoms with Crippen LogP contribution in [0.15, 0.2) is 88.9 Å². The number of hydrogen-bond donors (Lipinski definition) is 1. The maximum Gasteiger partial charge on any atom is 0.266 e. The predicted octanol–water partition coefficient (Wildman–Crippen LogP) is 7.69. The summed E-state index contributed by atoms with van der Waals surface area (Å²) < 4.78 is 12.6. The van der Waals surface area contributed by atoms with Crippen molar-refractivity contribution in [3.63, 3.8) is 0 Å². The van der Waals surface area contributed by atoms with E-state index in [2.05, 4.69) is 52.4 Å². The Hall–Kier alpha value is -4.08. The van der Waals surface area contributed by atoms with Crippen molar-refractivity contribution in [3.8, 4) is 17.6 Å². The van der Waals surface area contributed by atoms with E-state index in [1.54, 1.807) is 12.1 Å². The lowest BCUT2D eigenvalue weighted by Crippen LogP contribution is -2.13. The molecule has 6 heteroatoms. The Kier molecular flexibility index (Phi) is 8.60. The van der Waals surface area contributed by atoms with Gasteiger partial charge in [0.25, 0.3) is 5.91 Å². The van der Waals surface area contributed by atoms with Gasteiger partial charge in [-0.25, -0.2) is 0 Å². The fourth-order valence-corrected chi connectivity index (χ4v) is 4.30. The smallest absolute Gasteiger partial charge is 0.266 e. The Morgan fingerprint density at radius 2 is 1.62 bits per heavy atom. The van der Waals surface area contributed by atoms with Crippen molar-refractivity contribution < 1.29 is 14.3 Å². The second-order valence-corrected chi connectivity index (χ2v) is 9.25. The topological polar surface area (TPSA) is 71.3 Å². The Labute approximate surface area is 225 Å². The molecule has 0 bridgehead atoms. The third-order valence-corrected chi connectivity index (χ3v) is 6.54. The molecule has 0 spiro atoms. The van der Waals surface area contributed by atoms with Crippen molar-refractivity contribution in [1.82, 2.24) is 0 Å². The number of nitriles is 1. The van der Waals surface area contributed by atoms with Crippen molar-refractivity contribution in [2.24, 2.45) is 0 Å². The second-order valence-electron chi connectivity index (χ2n) is 8.40. The summed E-state index contributed by atoms with van der Waals surface area (Å²) in [5.41, 5.74) is 3.46. The minimum absolute atomic E-state index is 0.0208. The molecule has 0 heterocycles. The lowest BCUT2D eigenvalue weighted by Gasteiger charge is -2.14. The summed E-state index contributed by atoms with van der Waals surface area (Å²) in [4.78, 5) is 12.8. The largest absolute Gasteiger partial charge is 0.490 e. The summed E-state index contributed by atoms with van der Waals surface area (Å²) in [5.74, 6) is 0.622. The summed E-state index contributed by atoms with van der Waals surface area (Å²) in [5, 5.41) is 14.8. The van der Waals surface area contributed by atoms with Crippen LogP contribution in [0.25, 0.3) is 16.8 Å². The first kappa shape index (κ1) is 26.0. The summed E-state index contributed by atoms with van der Waals surface area (Å²) in [7, 11) is 0. The standard InChI is InChI=1S/C31H27BrN2O3/c1-3-21-10-13-27(14-11-21)34-31(35)26(19-33)16-25-17-29(36-4-2)30(18-28(25)32)37-20-22-9-12-23-7-5-6-8-24(23)15-22/h5-18H,3-4,20H2,1-2H3,(H,34,35)/b26-16+. The maximum absolute atomic E-state index is 12.8. The highest BCUT2D eigenvalue weighted by atomic mass is 79.9. The van der Waals surface area contributed by atoms with Crippen LogP contribution < -0.4 is 14.8 Å². The molecule has 1 amide bonds. The molecule has 4 aromatic rings. The van der Waals surface area contributed by atoms with Gasteiger partial charge >= 0.3 is 0 Å². The summed E-state index contributed by atoms with van der Waals surface area (Å²) in [6.45, 7) is 4.77. The molecule has 5 nitrogen and oxygen atoms in total. The maximum atomic E-state index is 12.8. The van der Waals surface area contributed by atoms with Crippen LogP contribution in [-0.2, 0) is 17.8 Å². The molecular formula is C31H27BrN2O3. The average molecular weight is 555 g/mol. The highest BCUT2D eigenvalue weighted by Gasteiger charge is 2.14. The molecule has 0 aliphatic rings. The highest BCUT2D eigenvalue weighted by Crippen LogP contribution is 2.35. The first-order valence-corrected chi connectivity index (χ1v) is 12.9. The van der Waals surface area contributed by atoms with Crippen LogP contribution in [0.3, 0.4) is 0 Å². The van der Waals surface area contributed by atoms with Gasteiger partial charge < -0.3 is 14.8 Å². The fraction of sp³-hybridized carbons (Fsp3) is 0.161. The zero-order chi connectivity index (χ0) is 26.2. The van der Waals surface area contributed by atoms with Gasteiger partial charge in [0.15, 0.2) is 11.5 Å². The molecule has 4 rings (SSSR count). The normalized spacial score (nSPS) is 11.1. The van der Waals surface area contributed by atoms with Crippen LogP contribution >= 0.6 is 15.9 Å². The van der Waals surface area contributed by atoms with Gasteiger partial charge in [-0.15, -0.1) is 0 Å². The van der Waals surface area contributed by atoms with E-state index < -0.39 is 5.91 Å². The minimum atomic E-state index is -0.478. The monoisotopic (exact) mass is 554 g/mol. The van der Waals surface area contributed by atoms with Crippen molar-refractivity contribution in [2.45, 2.75) is 26.9 Å². The van der Waals surface area contributed by atoms with E-state index in [0.717, 1.165) is 17.4 Å². The van der Waals surface area contributed by atoms with Crippen molar-refractivity contribution in [1.29, 1.82) is 5.26 Å². The molecule has 0 fully saturated rings. The Morgan fingerprint density at radius 1 is 0.919 bits per heavy atom. The number of nitrogens with one attached hydrogen (secondary N) is 1. The van der Waals surface area contributed by atoms with Crippen LogP contribution in [0.4, 0.5) is 5.69 Å². The van der Waals surface area contributed by atoms with E-state index in [-0.39, 0.29) is 5.57 Å². The Morgan fingerprint density at radius 3 is 2.32 bits per heavy atom. The summed E-state index contributed by atoms with van der Waals surface area (Å²) >= 11 is 3.56. The number of anilines is 1. The molecule has 186 valence electrons. The zero-order valence-electron chi connectivity index (χ0n) is 20.8. The zero-order valence-corrected chi connectivity index (χ0v) is 22.3. The number of halogens is 1. The average Bonchev–Trinajstić information content (AvgIpc) is 2.92. The molecule has 0 atom stereocenters. The van der Waals surface area contributed by atoms with Crippen LogP contribution in [0, 0.1) is 11.3 Å².